The van der Waals surface area contributed by atoms with Crippen LogP contribution in [0.3, 0.4) is 0 Å². The molecule has 0 aromatic heterocycles. The van der Waals surface area contributed by atoms with E-state index in [-0.39, 0.29) is 18.0 Å². The van der Waals surface area contributed by atoms with Crippen LogP contribution >= 0.6 is 0 Å². The molecule has 0 aromatic carbocycles. The van der Waals surface area contributed by atoms with Crippen LogP contribution in [0.15, 0.2) is 11.6 Å². The smallest absolute Gasteiger partial charge is 0.305 e. The van der Waals surface area contributed by atoms with E-state index in [2.05, 4.69) is 26.8 Å². The first-order valence-electron chi connectivity index (χ1n) is 13.1. The number of rotatable bonds is 17. The highest BCUT2D eigenvalue weighted by Gasteiger charge is 2.34. The third-order valence-electron chi connectivity index (χ3n) is 7.21. The number of esters is 1. The van der Waals surface area contributed by atoms with Gasteiger partial charge in [-0.3, -0.25) is 4.79 Å². The van der Waals surface area contributed by atoms with E-state index in [0.29, 0.717) is 18.9 Å². The number of aliphatic hydroxyl groups is 2. The van der Waals surface area contributed by atoms with Crippen molar-refractivity contribution in [3.05, 3.63) is 11.6 Å². The minimum absolute atomic E-state index is 0.0948. The molecule has 0 radical (unpaired) electrons. The average Bonchev–Trinajstić information content (AvgIpc) is 3.11. The summed E-state index contributed by atoms with van der Waals surface area (Å²) in [5, 5.41) is 22.0. The Kier molecular flexibility index (Phi) is 14.4. The molecule has 1 aliphatic carbocycles. The Bertz CT molecular complexity index is 515. The number of hydrogen-bond donors (Lipinski definition) is 2. The first-order chi connectivity index (χ1) is 14.9. The summed E-state index contributed by atoms with van der Waals surface area (Å²) >= 11 is 0. The molecule has 0 spiro atoms. The van der Waals surface area contributed by atoms with E-state index in [9.17, 15) is 15.0 Å². The van der Waals surface area contributed by atoms with Crippen molar-refractivity contribution in [3.8, 4) is 0 Å². The van der Waals surface area contributed by atoms with Crippen molar-refractivity contribution in [2.75, 3.05) is 6.61 Å². The van der Waals surface area contributed by atoms with Gasteiger partial charge in [-0.05, 0) is 57.8 Å². The first kappa shape index (κ1) is 28.2. The standard InChI is InChI=1S/C27H50O4/c1-5-8-14-22(4)27(30,20-9-6-2)21-19-23-17-18-25(28)24(23)15-12-10-11-13-16-26(29)31-7-3/h19,22,24-25,28,30H,5-18,20-21H2,1-4H3/t22?,24-,25-,27?/m1/s1. The van der Waals surface area contributed by atoms with E-state index in [4.69, 9.17) is 4.74 Å². The van der Waals surface area contributed by atoms with Gasteiger partial charge in [0.25, 0.3) is 0 Å². The highest BCUT2D eigenvalue weighted by atomic mass is 16.5. The summed E-state index contributed by atoms with van der Waals surface area (Å²) in [6.07, 6.45) is 16.6. The third kappa shape index (κ3) is 10.5. The first-order valence-corrected chi connectivity index (χ1v) is 13.1. The molecule has 1 aliphatic rings. The van der Waals surface area contributed by atoms with Crippen LogP contribution in [-0.2, 0) is 9.53 Å². The Hall–Kier alpha value is -0.870. The number of carbonyl (C=O) groups excluding carboxylic acids is 1. The van der Waals surface area contributed by atoms with Crippen molar-refractivity contribution in [1.82, 2.24) is 0 Å². The summed E-state index contributed by atoms with van der Waals surface area (Å²) in [7, 11) is 0. The minimum Gasteiger partial charge on any atom is -0.466 e. The molecule has 1 fully saturated rings. The highest BCUT2D eigenvalue weighted by molar-refractivity contribution is 5.69. The van der Waals surface area contributed by atoms with Gasteiger partial charge in [-0.1, -0.05) is 77.4 Å². The predicted octanol–water partition coefficient (Wildman–Crippen LogP) is 6.73. The molecule has 31 heavy (non-hydrogen) atoms. The summed E-state index contributed by atoms with van der Waals surface area (Å²) in [5.41, 5.74) is 0.736. The van der Waals surface area contributed by atoms with Crippen LogP contribution in [0.5, 0.6) is 0 Å². The lowest BCUT2D eigenvalue weighted by Crippen LogP contribution is -2.36. The van der Waals surface area contributed by atoms with E-state index < -0.39 is 5.60 Å². The van der Waals surface area contributed by atoms with Gasteiger partial charge in [-0.25, -0.2) is 0 Å². The largest absolute Gasteiger partial charge is 0.466 e. The maximum absolute atomic E-state index is 11.5. The molecule has 0 aromatic rings. The lowest BCUT2D eigenvalue weighted by atomic mass is 9.78. The summed E-state index contributed by atoms with van der Waals surface area (Å²) in [5.74, 6) is 0.453. The number of ether oxygens (including phenoxy) is 1. The van der Waals surface area contributed by atoms with Crippen LogP contribution in [-0.4, -0.2) is 34.5 Å². The quantitative estimate of drug-likeness (QED) is 0.150. The molecule has 1 saturated carbocycles. The van der Waals surface area contributed by atoms with Gasteiger partial charge in [0.2, 0.25) is 0 Å². The molecule has 2 N–H and O–H groups in total. The molecule has 4 nitrogen and oxygen atoms in total. The van der Waals surface area contributed by atoms with Crippen molar-refractivity contribution in [2.24, 2.45) is 11.8 Å². The van der Waals surface area contributed by atoms with E-state index >= 15 is 0 Å². The maximum atomic E-state index is 11.5. The zero-order valence-corrected chi connectivity index (χ0v) is 20.8. The van der Waals surface area contributed by atoms with Crippen LogP contribution in [0.25, 0.3) is 0 Å². The van der Waals surface area contributed by atoms with Crippen molar-refractivity contribution in [3.63, 3.8) is 0 Å². The lowest BCUT2D eigenvalue weighted by molar-refractivity contribution is -0.143. The lowest BCUT2D eigenvalue weighted by Gasteiger charge is -2.34. The monoisotopic (exact) mass is 438 g/mol. The third-order valence-corrected chi connectivity index (χ3v) is 7.21. The van der Waals surface area contributed by atoms with Gasteiger partial charge in [-0.15, -0.1) is 0 Å². The van der Waals surface area contributed by atoms with Crippen LogP contribution in [0.2, 0.25) is 0 Å². The second-order valence-corrected chi connectivity index (χ2v) is 9.70. The Morgan fingerprint density at radius 2 is 1.84 bits per heavy atom. The zero-order chi connectivity index (χ0) is 23.1. The normalized spacial score (nSPS) is 23.1. The molecule has 1 rings (SSSR count). The number of unbranched alkanes of at least 4 members (excludes halogenated alkanes) is 5. The Morgan fingerprint density at radius 3 is 2.52 bits per heavy atom. The SMILES string of the molecule is CCCCC(C)C(O)(CC=C1CC[C@@H](O)[C@@H]1CCCCCCC(=O)OCC)CCCC. The highest BCUT2D eigenvalue weighted by Crippen LogP contribution is 2.38. The maximum Gasteiger partial charge on any atom is 0.305 e. The predicted molar refractivity (Wildman–Crippen MR) is 129 cm³/mol. The topological polar surface area (TPSA) is 66.8 Å². The van der Waals surface area contributed by atoms with E-state index in [1.165, 1.54) is 18.4 Å². The van der Waals surface area contributed by atoms with E-state index in [0.717, 1.165) is 77.0 Å². The molecular weight excluding hydrogens is 388 g/mol. The van der Waals surface area contributed by atoms with Gasteiger partial charge >= 0.3 is 5.97 Å². The van der Waals surface area contributed by atoms with Crippen molar-refractivity contribution in [2.45, 2.75) is 136 Å². The van der Waals surface area contributed by atoms with Crippen LogP contribution in [0, 0.1) is 11.8 Å². The van der Waals surface area contributed by atoms with Crippen LogP contribution < -0.4 is 0 Å². The molecule has 0 bridgehead atoms. The zero-order valence-electron chi connectivity index (χ0n) is 20.8. The van der Waals surface area contributed by atoms with E-state index in [1.54, 1.807) is 0 Å². The molecule has 4 heteroatoms. The number of aliphatic hydroxyl groups excluding tert-OH is 1. The number of hydrogen-bond acceptors (Lipinski definition) is 4. The summed E-state index contributed by atoms with van der Waals surface area (Å²) in [6.45, 7) is 8.90. The summed E-state index contributed by atoms with van der Waals surface area (Å²) in [6, 6.07) is 0. The fraction of sp³-hybridized carbons (Fsp3) is 0.889. The summed E-state index contributed by atoms with van der Waals surface area (Å²) in [4.78, 5) is 11.4. The fourth-order valence-corrected chi connectivity index (χ4v) is 4.92. The molecule has 0 saturated heterocycles. The van der Waals surface area contributed by atoms with Gasteiger partial charge in [0.1, 0.15) is 0 Å². The molecule has 0 heterocycles. The Labute approximate surface area is 191 Å². The fourth-order valence-electron chi connectivity index (χ4n) is 4.92. The van der Waals surface area contributed by atoms with Crippen molar-refractivity contribution >= 4 is 5.97 Å². The van der Waals surface area contributed by atoms with Gasteiger partial charge in [-0.2, -0.15) is 0 Å². The van der Waals surface area contributed by atoms with Gasteiger partial charge in [0, 0.05) is 12.3 Å². The second kappa shape index (κ2) is 15.9. The summed E-state index contributed by atoms with van der Waals surface area (Å²) < 4.78 is 4.98. The molecule has 0 aliphatic heterocycles. The van der Waals surface area contributed by atoms with Gasteiger partial charge in [0.15, 0.2) is 0 Å². The van der Waals surface area contributed by atoms with E-state index in [1.807, 2.05) is 6.92 Å². The van der Waals surface area contributed by atoms with Crippen LogP contribution in [0.4, 0.5) is 0 Å². The molecule has 4 atom stereocenters. The molecule has 182 valence electrons. The van der Waals surface area contributed by atoms with Crippen molar-refractivity contribution in [1.29, 1.82) is 0 Å². The molecule has 2 unspecified atom stereocenters. The van der Waals surface area contributed by atoms with Crippen LogP contribution in [0.1, 0.15) is 124 Å². The molecular formula is C27H50O4. The number of carbonyl (C=O) groups is 1. The second-order valence-electron chi connectivity index (χ2n) is 9.70. The van der Waals surface area contributed by atoms with Gasteiger partial charge in [0.05, 0.1) is 18.3 Å². The molecule has 0 amide bonds. The van der Waals surface area contributed by atoms with Gasteiger partial charge < -0.3 is 14.9 Å². The average molecular weight is 439 g/mol. The minimum atomic E-state index is -0.622. The van der Waals surface area contributed by atoms with Crippen molar-refractivity contribution < 1.29 is 19.7 Å². The Balaban J connectivity index is 2.56. The Morgan fingerprint density at radius 1 is 1.13 bits per heavy atom.